The lowest BCUT2D eigenvalue weighted by atomic mass is 9.98. The van der Waals surface area contributed by atoms with Crippen molar-refractivity contribution < 1.29 is 19.1 Å². The number of methoxy groups -OCH3 is 2. The lowest BCUT2D eigenvalue weighted by Crippen LogP contribution is -2.00. The predicted molar refractivity (Wildman–Crippen MR) is 100.0 cm³/mol. The summed E-state index contributed by atoms with van der Waals surface area (Å²) < 4.78 is 9.44. The summed E-state index contributed by atoms with van der Waals surface area (Å²) in [5.74, 6) is -0.702. The zero-order valence-corrected chi connectivity index (χ0v) is 14.6. The van der Waals surface area contributed by atoms with Crippen molar-refractivity contribution in [3.05, 3.63) is 83.9 Å². The molecule has 4 nitrogen and oxygen atoms in total. The number of esters is 2. The van der Waals surface area contributed by atoms with Gasteiger partial charge >= 0.3 is 11.9 Å². The van der Waals surface area contributed by atoms with E-state index in [9.17, 15) is 9.59 Å². The molecule has 0 saturated heterocycles. The highest BCUT2D eigenvalue weighted by molar-refractivity contribution is 5.91. The minimum atomic E-state index is -0.351. The van der Waals surface area contributed by atoms with Gasteiger partial charge in [0.1, 0.15) is 0 Å². The molecule has 0 heterocycles. The van der Waals surface area contributed by atoms with Gasteiger partial charge in [-0.3, -0.25) is 0 Å². The molecule has 0 aliphatic heterocycles. The maximum Gasteiger partial charge on any atom is 0.337 e. The van der Waals surface area contributed by atoms with Gasteiger partial charge in [0.15, 0.2) is 0 Å². The van der Waals surface area contributed by atoms with Gasteiger partial charge in [0, 0.05) is 0 Å². The molecule has 3 rings (SSSR count). The maximum absolute atomic E-state index is 11.5. The first-order valence-corrected chi connectivity index (χ1v) is 8.10. The van der Waals surface area contributed by atoms with E-state index in [1.54, 1.807) is 24.3 Å². The fourth-order valence-corrected chi connectivity index (χ4v) is 2.71. The van der Waals surface area contributed by atoms with Crippen molar-refractivity contribution in [2.75, 3.05) is 14.2 Å². The Morgan fingerprint density at radius 2 is 0.962 bits per heavy atom. The zero-order valence-electron chi connectivity index (χ0n) is 14.6. The van der Waals surface area contributed by atoms with Crippen molar-refractivity contribution in [2.45, 2.75) is 0 Å². The number of rotatable bonds is 4. The Morgan fingerprint density at radius 3 is 1.31 bits per heavy atom. The van der Waals surface area contributed by atoms with E-state index in [0.717, 1.165) is 22.3 Å². The molecule has 0 aliphatic carbocycles. The van der Waals surface area contributed by atoms with Crippen molar-refractivity contribution in [3.8, 4) is 22.3 Å². The predicted octanol–water partition coefficient (Wildman–Crippen LogP) is 4.59. The highest BCUT2D eigenvalue weighted by atomic mass is 16.5. The molecule has 0 atom stereocenters. The quantitative estimate of drug-likeness (QED) is 0.648. The van der Waals surface area contributed by atoms with Gasteiger partial charge in [0.2, 0.25) is 0 Å². The molecule has 0 bridgehead atoms. The van der Waals surface area contributed by atoms with Gasteiger partial charge in [0.05, 0.1) is 25.3 Å². The van der Waals surface area contributed by atoms with Crippen LogP contribution < -0.4 is 0 Å². The fraction of sp³-hybridized carbons (Fsp3) is 0.0909. The highest BCUT2D eigenvalue weighted by Gasteiger charge is 2.08. The van der Waals surface area contributed by atoms with Crippen LogP contribution in [0.1, 0.15) is 20.7 Å². The molecule has 0 aliphatic rings. The molecule has 4 heteroatoms. The smallest absolute Gasteiger partial charge is 0.337 e. The molecule has 26 heavy (non-hydrogen) atoms. The number of hydrogen-bond donors (Lipinski definition) is 0. The van der Waals surface area contributed by atoms with Gasteiger partial charge in [-0.1, -0.05) is 42.5 Å². The number of benzene rings is 3. The third kappa shape index (κ3) is 3.64. The number of carbonyl (C=O) groups is 2. The van der Waals surface area contributed by atoms with Crippen LogP contribution in [0.4, 0.5) is 0 Å². The molecule has 0 saturated carbocycles. The van der Waals surface area contributed by atoms with E-state index >= 15 is 0 Å². The Morgan fingerprint density at radius 1 is 0.577 bits per heavy atom. The second kappa shape index (κ2) is 7.66. The van der Waals surface area contributed by atoms with E-state index in [0.29, 0.717) is 11.1 Å². The second-order valence-corrected chi connectivity index (χ2v) is 5.72. The fourth-order valence-electron chi connectivity index (χ4n) is 2.71. The van der Waals surface area contributed by atoms with Crippen LogP contribution >= 0.6 is 0 Å². The van der Waals surface area contributed by atoms with E-state index in [1.807, 2.05) is 42.5 Å². The Kier molecular flexibility index (Phi) is 5.13. The van der Waals surface area contributed by atoms with Crippen LogP contribution in [-0.4, -0.2) is 26.2 Å². The van der Waals surface area contributed by atoms with Crippen molar-refractivity contribution >= 4 is 11.9 Å². The van der Waals surface area contributed by atoms with Crippen molar-refractivity contribution in [1.29, 1.82) is 0 Å². The molecule has 130 valence electrons. The Labute approximate surface area is 152 Å². The summed E-state index contributed by atoms with van der Waals surface area (Å²) in [5, 5.41) is 0. The van der Waals surface area contributed by atoms with E-state index in [1.165, 1.54) is 14.2 Å². The molecule has 0 amide bonds. The topological polar surface area (TPSA) is 52.6 Å². The lowest BCUT2D eigenvalue weighted by Gasteiger charge is -2.08. The number of ether oxygens (including phenoxy) is 2. The maximum atomic E-state index is 11.5. The summed E-state index contributed by atoms with van der Waals surface area (Å²) in [5.41, 5.74) is 5.12. The summed E-state index contributed by atoms with van der Waals surface area (Å²) in [6.45, 7) is 0. The van der Waals surface area contributed by atoms with Gasteiger partial charge in [-0.15, -0.1) is 0 Å². The summed E-state index contributed by atoms with van der Waals surface area (Å²) in [6.07, 6.45) is 0. The standard InChI is InChI=1S/C22H18O4/c1-25-21(23)17-10-6-15(7-11-17)19-4-3-5-20(14-19)16-8-12-18(13-9-16)22(24)26-2/h3-14H,1-2H3. The average molecular weight is 346 g/mol. The molecule has 0 unspecified atom stereocenters. The van der Waals surface area contributed by atoms with Gasteiger partial charge in [-0.25, -0.2) is 9.59 Å². The van der Waals surface area contributed by atoms with Gasteiger partial charge in [-0.2, -0.15) is 0 Å². The first kappa shape index (κ1) is 17.4. The first-order valence-electron chi connectivity index (χ1n) is 8.10. The number of carbonyl (C=O) groups excluding carboxylic acids is 2. The molecular weight excluding hydrogens is 328 g/mol. The van der Waals surface area contributed by atoms with E-state index < -0.39 is 0 Å². The van der Waals surface area contributed by atoms with E-state index in [2.05, 4.69) is 6.07 Å². The van der Waals surface area contributed by atoms with Crippen LogP contribution in [0.15, 0.2) is 72.8 Å². The first-order chi connectivity index (χ1) is 12.6. The van der Waals surface area contributed by atoms with Crippen molar-refractivity contribution in [1.82, 2.24) is 0 Å². The van der Waals surface area contributed by atoms with Crippen molar-refractivity contribution in [2.24, 2.45) is 0 Å². The van der Waals surface area contributed by atoms with Crippen LogP contribution in [-0.2, 0) is 9.47 Å². The summed E-state index contributed by atoms with van der Waals surface area (Å²) in [6, 6.07) is 22.6. The second-order valence-electron chi connectivity index (χ2n) is 5.72. The molecule has 0 fully saturated rings. The van der Waals surface area contributed by atoms with Crippen LogP contribution in [0.2, 0.25) is 0 Å². The largest absolute Gasteiger partial charge is 0.465 e. The minimum Gasteiger partial charge on any atom is -0.465 e. The van der Waals surface area contributed by atoms with E-state index in [4.69, 9.17) is 9.47 Å². The third-order valence-electron chi connectivity index (χ3n) is 4.14. The monoisotopic (exact) mass is 346 g/mol. The van der Waals surface area contributed by atoms with E-state index in [-0.39, 0.29) is 11.9 Å². The van der Waals surface area contributed by atoms with Crippen molar-refractivity contribution in [3.63, 3.8) is 0 Å². The normalized spacial score (nSPS) is 10.2. The zero-order chi connectivity index (χ0) is 18.5. The highest BCUT2D eigenvalue weighted by Crippen LogP contribution is 2.27. The average Bonchev–Trinajstić information content (AvgIpc) is 2.73. The van der Waals surface area contributed by atoms with Gasteiger partial charge in [0.25, 0.3) is 0 Å². The van der Waals surface area contributed by atoms with Crippen LogP contribution in [0.3, 0.4) is 0 Å². The van der Waals surface area contributed by atoms with Gasteiger partial charge in [-0.05, 0) is 52.6 Å². The molecule has 3 aromatic rings. The van der Waals surface area contributed by atoms with Crippen LogP contribution in [0.25, 0.3) is 22.3 Å². The van der Waals surface area contributed by atoms with Crippen LogP contribution in [0, 0.1) is 0 Å². The Bertz CT molecular complexity index is 850. The molecule has 0 radical (unpaired) electrons. The van der Waals surface area contributed by atoms with Crippen LogP contribution in [0.5, 0.6) is 0 Å². The summed E-state index contributed by atoms with van der Waals surface area (Å²) in [4.78, 5) is 23.1. The third-order valence-corrected chi connectivity index (χ3v) is 4.14. The Hall–Kier alpha value is -3.40. The molecule has 0 aromatic heterocycles. The van der Waals surface area contributed by atoms with Gasteiger partial charge < -0.3 is 9.47 Å². The SMILES string of the molecule is COC(=O)c1ccc(-c2cccc(-c3ccc(C(=O)OC)cc3)c2)cc1. The molecular formula is C22H18O4. The Balaban J connectivity index is 1.88. The number of hydrogen-bond acceptors (Lipinski definition) is 4. The minimum absolute atomic E-state index is 0.351. The molecule has 0 spiro atoms. The lowest BCUT2D eigenvalue weighted by molar-refractivity contribution is 0.0592. The summed E-state index contributed by atoms with van der Waals surface area (Å²) in [7, 11) is 2.73. The summed E-state index contributed by atoms with van der Waals surface area (Å²) >= 11 is 0. The molecule has 3 aromatic carbocycles. The molecule has 0 N–H and O–H groups in total.